The number of anilines is 1. The minimum atomic E-state index is -5.08. The van der Waals surface area contributed by atoms with E-state index in [-0.39, 0.29) is 36.6 Å². The first-order valence-corrected chi connectivity index (χ1v) is 13.6. The quantitative estimate of drug-likeness (QED) is 0.225. The van der Waals surface area contributed by atoms with Crippen LogP contribution in [0.3, 0.4) is 0 Å². The van der Waals surface area contributed by atoms with E-state index in [1.54, 1.807) is 6.92 Å². The van der Waals surface area contributed by atoms with Gasteiger partial charge in [-0.2, -0.15) is 44.3 Å². The number of tetrazole rings is 1. The van der Waals surface area contributed by atoms with Crippen molar-refractivity contribution < 1.29 is 44.3 Å². The number of hydrogen-bond donors (Lipinski definition) is 0. The number of aryl methyl sites for hydroxylation is 1. The first-order chi connectivity index (χ1) is 20.1. The van der Waals surface area contributed by atoms with Crippen LogP contribution in [-0.2, 0) is 43.4 Å². The molecule has 1 unspecified atom stereocenters. The normalized spacial score (nSPS) is 16.0. The lowest BCUT2D eigenvalue weighted by Crippen LogP contribution is -2.27. The van der Waals surface area contributed by atoms with E-state index in [9.17, 15) is 39.5 Å². The van der Waals surface area contributed by atoms with Gasteiger partial charge in [-0.1, -0.05) is 30.4 Å². The van der Waals surface area contributed by atoms with Crippen LogP contribution in [0.2, 0.25) is 0 Å². The molecule has 1 heterocycles. The van der Waals surface area contributed by atoms with Crippen molar-refractivity contribution in [1.29, 1.82) is 0 Å². The maximum atomic E-state index is 13.8. The molecule has 0 radical (unpaired) electrons. The topological polar surface area (TPSA) is 56.1 Å². The van der Waals surface area contributed by atoms with Crippen molar-refractivity contribution >= 4 is 5.95 Å². The molecule has 3 aromatic rings. The van der Waals surface area contributed by atoms with Crippen LogP contribution in [0.25, 0.3) is 0 Å². The Morgan fingerprint density at radius 2 is 1.44 bits per heavy atom. The number of aromatic nitrogens is 4. The number of ether oxygens (including phenoxy) is 1. The van der Waals surface area contributed by atoms with Crippen molar-refractivity contribution in [2.75, 3.05) is 11.5 Å². The van der Waals surface area contributed by atoms with Crippen molar-refractivity contribution in [3.8, 4) is 0 Å². The van der Waals surface area contributed by atoms with Gasteiger partial charge in [-0.25, -0.2) is 0 Å². The number of nitrogens with zero attached hydrogens (tertiary/aromatic N) is 5. The number of halogens is 9. The van der Waals surface area contributed by atoms with Crippen LogP contribution >= 0.6 is 0 Å². The fourth-order valence-electron chi connectivity index (χ4n) is 5.43. The molecule has 0 spiro atoms. The van der Waals surface area contributed by atoms with Gasteiger partial charge in [0.25, 0.3) is 5.95 Å². The van der Waals surface area contributed by atoms with Crippen LogP contribution in [0.4, 0.5) is 45.5 Å². The van der Waals surface area contributed by atoms with Gasteiger partial charge in [0.05, 0.1) is 29.8 Å². The number of rotatable bonds is 9. The van der Waals surface area contributed by atoms with Crippen molar-refractivity contribution in [2.45, 2.75) is 76.8 Å². The number of hydrogen-bond acceptors (Lipinski definition) is 5. The lowest BCUT2D eigenvalue weighted by molar-refractivity contribution is -0.143. The summed E-state index contributed by atoms with van der Waals surface area (Å²) < 4.78 is 129. The molecule has 1 aromatic heterocycles. The Labute approximate surface area is 241 Å². The molecular weight excluding hydrogens is 593 g/mol. The largest absolute Gasteiger partial charge is 0.416 e. The first kappa shape index (κ1) is 32.6. The van der Waals surface area contributed by atoms with Gasteiger partial charge in [0.15, 0.2) is 0 Å². The second kappa shape index (κ2) is 12.7. The highest BCUT2D eigenvalue weighted by Crippen LogP contribution is 2.41. The van der Waals surface area contributed by atoms with Gasteiger partial charge in [-0.15, -0.1) is 5.10 Å². The number of alkyl halides is 9. The van der Waals surface area contributed by atoms with Crippen LogP contribution in [0.1, 0.15) is 78.5 Å². The Morgan fingerprint density at radius 3 is 1.95 bits per heavy atom. The maximum Gasteiger partial charge on any atom is 0.416 e. The van der Waals surface area contributed by atoms with E-state index < -0.39 is 53.4 Å². The highest BCUT2D eigenvalue weighted by molar-refractivity contribution is 5.42. The lowest BCUT2D eigenvalue weighted by atomic mass is 9.81. The Hall–Kier alpha value is -3.36. The monoisotopic (exact) mass is 623 g/mol. The average molecular weight is 624 g/mol. The molecular formula is C28H30F9N5O. The molecule has 236 valence electrons. The third-order valence-corrected chi connectivity index (χ3v) is 7.36. The predicted molar refractivity (Wildman–Crippen MR) is 138 cm³/mol. The molecule has 0 amide bonds. The Bertz CT molecular complexity index is 1350. The lowest BCUT2D eigenvalue weighted by Gasteiger charge is -2.33. The summed E-state index contributed by atoms with van der Waals surface area (Å²) in [6.45, 7) is 1.08. The van der Waals surface area contributed by atoms with Gasteiger partial charge in [-0.05, 0) is 77.9 Å². The Morgan fingerprint density at radius 1 is 0.837 bits per heavy atom. The summed E-state index contributed by atoms with van der Waals surface area (Å²) in [6.07, 6.45) is -11.0. The Balaban J connectivity index is 1.82. The minimum Gasteiger partial charge on any atom is -0.374 e. The predicted octanol–water partition coefficient (Wildman–Crippen LogP) is 8.13. The Kier molecular flexibility index (Phi) is 9.62. The van der Waals surface area contributed by atoms with Crippen LogP contribution in [0.5, 0.6) is 0 Å². The van der Waals surface area contributed by atoms with Gasteiger partial charge < -0.3 is 9.64 Å². The van der Waals surface area contributed by atoms with Crippen molar-refractivity contribution in [1.82, 2.24) is 20.2 Å². The summed E-state index contributed by atoms with van der Waals surface area (Å²) in [7, 11) is 1.39. The van der Waals surface area contributed by atoms with Crippen LogP contribution in [0, 0.1) is 5.92 Å². The summed E-state index contributed by atoms with van der Waals surface area (Å²) in [4.78, 5) is 2.22. The maximum absolute atomic E-state index is 13.8. The minimum absolute atomic E-state index is 0.0101. The van der Waals surface area contributed by atoms with Gasteiger partial charge in [0, 0.05) is 19.7 Å². The van der Waals surface area contributed by atoms with Crippen LogP contribution < -0.4 is 4.90 Å². The van der Waals surface area contributed by atoms with E-state index in [0.717, 1.165) is 49.0 Å². The van der Waals surface area contributed by atoms with E-state index in [1.807, 2.05) is 0 Å². The van der Waals surface area contributed by atoms with E-state index in [0.29, 0.717) is 17.7 Å². The molecule has 1 aliphatic carbocycles. The second-order valence-electron chi connectivity index (χ2n) is 10.5. The molecule has 6 nitrogen and oxygen atoms in total. The van der Waals surface area contributed by atoms with Crippen LogP contribution in [0.15, 0.2) is 36.4 Å². The summed E-state index contributed by atoms with van der Waals surface area (Å²) in [5.74, 6) is -0.174. The zero-order chi connectivity index (χ0) is 31.6. The number of benzene rings is 2. The van der Waals surface area contributed by atoms with Crippen molar-refractivity contribution in [2.24, 2.45) is 13.0 Å². The van der Waals surface area contributed by atoms with E-state index in [4.69, 9.17) is 4.74 Å². The van der Waals surface area contributed by atoms with Crippen molar-refractivity contribution in [3.05, 3.63) is 69.8 Å². The average Bonchev–Trinajstić information content (AvgIpc) is 3.36. The fourth-order valence-corrected chi connectivity index (χ4v) is 5.43. The van der Waals surface area contributed by atoms with E-state index in [2.05, 4.69) is 15.4 Å². The third-order valence-electron chi connectivity index (χ3n) is 7.36. The molecule has 15 heteroatoms. The molecule has 2 aromatic carbocycles. The standard InChI is InChI=1S/C28H30F9N5O/c1-3-43-24(18-7-5-4-6-8-18)23-10-9-20(26(29,30)31)13-19(23)16-42(25-38-40-41(2)39-25)15-17-11-21(27(32,33)34)14-22(12-17)28(35,36)37/h9-14,18,24H,3-8,15-16H2,1-2H3. The first-order valence-electron chi connectivity index (χ1n) is 13.6. The highest BCUT2D eigenvalue weighted by Gasteiger charge is 2.38. The fraction of sp³-hybridized carbons (Fsp3) is 0.536. The summed E-state index contributed by atoms with van der Waals surface area (Å²) in [5.41, 5.74) is -3.80. The summed E-state index contributed by atoms with van der Waals surface area (Å²) in [6, 6.07) is 4.35. The molecule has 43 heavy (non-hydrogen) atoms. The zero-order valence-corrected chi connectivity index (χ0v) is 23.3. The molecule has 4 rings (SSSR count). The van der Waals surface area contributed by atoms with Gasteiger partial charge in [0.2, 0.25) is 0 Å². The highest BCUT2D eigenvalue weighted by atomic mass is 19.4. The summed E-state index contributed by atoms with van der Waals surface area (Å²) >= 11 is 0. The van der Waals surface area contributed by atoms with E-state index in [1.165, 1.54) is 18.0 Å². The van der Waals surface area contributed by atoms with E-state index >= 15 is 0 Å². The molecule has 1 saturated carbocycles. The van der Waals surface area contributed by atoms with Gasteiger partial charge >= 0.3 is 18.5 Å². The molecule has 1 atom stereocenters. The molecule has 0 aliphatic heterocycles. The molecule has 0 bridgehead atoms. The smallest absolute Gasteiger partial charge is 0.374 e. The van der Waals surface area contributed by atoms with Gasteiger partial charge in [-0.3, -0.25) is 0 Å². The molecule has 0 N–H and O–H groups in total. The van der Waals surface area contributed by atoms with Crippen molar-refractivity contribution in [3.63, 3.8) is 0 Å². The second-order valence-corrected chi connectivity index (χ2v) is 10.5. The SMILES string of the molecule is CCOC(c1ccc(C(F)(F)F)cc1CN(Cc1cc(C(F)(F)F)cc(C(F)(F)F)c1)c1nnn(C)n1)C1CCCCC1. The third kappa shape index (κ3) is 8.18. The molecule has 1 aliphatic rings. The molecule has 0 saturated heterocycles. The zero-order valence-electron chi connectivity index (χ0n) is 23.3. The molecule has 1 fully saturated rings. The van der Waals surface area contributed by atoms with Gasteiger partial charge in [0.1, 0.15) is 0 Å². The summed E-state index contributed by atoms with van der Waals surface area (Å²) in [5, 5.41) is 11.6. The van der Waals surface area contributed by atoms with Crippen LogP contribution in [-0.4, -0.2) is 26.8 Å².